The van der Waals surface area contributed by atoms with E-state index in [0.29, 0.717) is 45.9 Å². The minimum Gasteiger partial charge on any atom is -0.460 e. The van der Waals surface area contributed by atoms with Crippen LogP contribution in [0, 0.1) is 6.92 Å². The summed E-state index contributed by atoms with van der Waals surface area (Å²) in [6.07, 6.45) is 1.54. The second-order valence-electron chi connectivity index (χ2n) is 8.06. The summed E-state index contributed by atoms with van der Waals surface area (Å²) in [4.78, 5) is 20.7. The quantitative estimate of drug-likeness (QED) is 0.251. The molecule has 194 valence electrons. The first-order valence-corrected chi connectivity index (χ1v) is 13.0. The van der Waals surface area contributed by atoms with Crippen LogP contribution in [0.1, 0.15) is 21.7 Å². The molecule has 4 aromatic rings. The van der Waals surface area contributed by atoms with Gasteiger partial charge in [-0.2, -0.15) is 4.98 Å². The van der Waals surface area contributed by atoms with Crippen molar-refractivity contribution in [3.8, 4) is 11.6 Å². The Bertz CT molecular complexity index is 1520. The van der Waals surface area contributed by atoms with Crippen LogP contribution in [0.4, 0.5) is 11.6 Å². The number of hydrogen-bond acceptors (Lipinski definition) is 9. The van der Waals surface area contributed by atoms with Gasteiger partial charge in [0.25, 0.3) is 5.91 Å². The van der Waals surface area contributed by atoms with Gasteiger partial charge < -0.3 is 24.5 Å². The molecule has 4 rings (SSSR count). The van der Waals surface area contributed by atoms with Crippen LogP contribution >= 0.6 is 0 Å². The number of anilines is 2. The molecule has 3 N–H and O–H groups in total. The molecule has 0 saturated heterocycles. The molecule has 0 aliphatic carbocycles. The zero-order chi connectivity index (χ0) is 26.4. The lowest BCUT2D eigenvalue weighted by molar-refractivity contribution is 0.0963. The van der Waals surface area contributed by atoms with E-state index in [-0.39, 0.29) is 30.0 Å². The lowest BCUT2D eigenvalue weighted by atomic mass is 10.1. The molecule has 2 heterocycles. The lowest BCUT2D eigenvalue weighted by Crippen LogP contribution is -2.28. The Balaban J connectivity index is 1.46. The molecule has 11 nitrogen and oxygen atoms in total. The molecule has 0 atom stereocenters. The predicted molar refractivity (Wildman–Crippen MR) is 139 cm³/mol. The van der Waals surface area contributed by atoms with Gasteiger partial charge in [-0.1, -0.05) is 12.1 Å². The molecule has 0 bridgehead atoms. The fourth-order valence-corrected chi connectivity index (χ4v) is 4.80. The van der Waals surface area contributed by atoms with E-state index in [1.807, 2.05) is 0 Å². The maximum Gasteiger partial charge on any atom is 0.255 e. The number of aromatic nitrogens is 2. The zero-order valence-electron chi connectivity index (χ0n) is 20.6. The summed E-state index contributed by atoms with van der Waals surface area (Å²) in [7, 11) is -0.424. The van der Waals surface area contributed by atoms with Crippen molar-refractivity contribution < 1.29 is 27.1 Å². The van der Waals surface area contributed by atoms with Crippen molar-refractivity contribution in [3.05, 3.63) is 71.6 Å². The van der Waals surface area contributed by atoms with Gasteiger partial charge in [0.1, 0.15) is 17.1 Å². The maximum atomic E-state index is 12.3. The van der Waals surface area contributed by atoms with E-state index in [9.17, 15) is 13.2 Å². The topological polar surface area (TPSA) is 145 Å². The zero-order valence-corrected chi connectivity index (χ0v) is 21.4. The fraction of sp³-hybridized carbons (Fsp3) is 0.240. The Labute approximate surface area is 214 Å². The highest BCUT2D eigenvalue weighted by Gasteiger charge is 2.18. The van der Waals surface area contributed by atoms with Gasteiger partial charge in [0.2, 0.25) is 21.9 Å². The van der Waals surface area contributed by atoms with E-state index >= 15 is 0 Å². The number of furan rings is 1. The summed E-state index contributed by atoms with van der Waals surface area (Å²) in [5.74, 6) is 1.15. The van der Waals surface area contributed by atoms with Crippen LogP contribution in [0.15, 0.2) is 59.1 Å². The second kappa shape index (κ2) is 11.4. The molecular weight excluding hydrogens is 498 g/mol. The minimum absolute atomic E-state index is 0.174. The number of carbonyl (C=O) groups is 1. The highest BCUT2D eigenvalue weighted by atomic mass is 32.2. The molecule has 2 aromatic heterocycles. The number of methoxy groups -OCH3 is 1. The average Bonchev–Trinajstić information content (AvgIpc) is 3.18. The number of nitrogens with zero attached hydrogens (tertiary/aromatic N) is 2. The Hall–Kier alpha value is -4.00. The van der Waals surface area contributed by atoms with Crippen LogP contribution in [-0.4, -0.2) is 51.6 Å². The summed E-state index contributed by atoms with van der Waals surface area (Å²) >= 11 is 0. The monoisotopic (exact) mass is 525 g/mol. The Morgan fingerprint density at radius 2 is 1.97 bits per heavy atom. The smallest absolute Gasteiger partial charge is 0.255 e. The van der Waals surface area contributed by atoms with Gasteiger partial charge in [-0.05, 0) is 36.8 Å². The molecule has 0 spiro atoms. The number of sulfonamides is 1. The van der Waals surface area contributed by atoms with Crippen LogP contribution in [-0.2, 0) is 20.5 Å². The molecule has 0 aliphatic heterocycles. The van der Waals surface area contributed by atoms with E-state index in [4.69, 9.17) is 13.9 Å². The maximum absolute atomic E-state index is 12.3. The first-order chi connectivity index (χ1) is 17.8. The van der Waals surface area contributed by atoms with Crippen LogP contribution in [0.5, 0.6) is 11.6 Å². The number of fused-ring (bicyclic) bond motifs is 1. The van der Waals surface area contributed by atoms with E-state index in [1.54, 1.807) is 62.5 Å². The SMILES string of the molecule is CNC(=O)c1c(C)oc2cc(Oc3ccnc(Nc4cccc(CS(=O)(=O)NCCOC)c4)n3)ccc12. The van der Waals surface area contributed by atoms with Crippen molar-refractivity contribution >= 4 is 38.5 Å². The van der Waals surface area contributed by atoms with Gasteiger partial charge >= 0.3 is 0 Å². The standard InChI is InChI=1S/C25H27N5O6S/c1-16-23(24(31)26-2)20-8-7-19(14-21(20)35-16)36-22-9-10-27-25(30-22)29-18-6-4-5-17(13-18)15-37(32,33)28-11-12-34-3/h4-10,13-14,28H,11-12,15H2,1-3H3,(H,26,31)(H,27,29,30). The van der Waals surface area contributed by atoms with Gasteiger partial charge in [-0.25, -0.2) is 18.1 Å². The van der Waals surface area contributed by atoms with Crippen LogP contribution in [0.2, 0.25) is 0 Å². The molecule has 1 amide bonds. The first-order valence-electron chi connectivity index (χ1n) is 11.4. The third-order valence-electron chi connectivity index (χ3n) is 5.31. The van der Waals surface area contributed by atoms with Gasteiger partial charge in [-0.15, -0.1) is 0 Å². The molecule has 2 aromatic carbocycles. The Kier molecular flexibility index (Phi) is 8.01. The summed E-state index contributed by atoms with van der Waals surface area (Å²) < 4.78 is 43.5. The first kappa shape index (κ1) is 26.1. The number of rotatable bonds is 11. The van der Waals surface area contributed by atoms with Gasteiger partial charge in [0.05, 0.1) is 17.9 Å². The summed E-state index contributed by atoms with van der Waals surface area (Å²) in [5, 5.41) is 6.37. The average molecular weight is 526 g/mol. The molecular formula is C25H27N5O6S. The molecule has 12 heteroatoms. The number of amides is 1. The van der Waals surface area contributed by atoms with Gasteiger partial charge in [-0.3, -0.25) is 4.79 Å². The second-order valence-corrected chi connectivity index (χ2v) is 9.87. The molecule has 37 heavy (non-hydrogen) atoms. The van der Waals surface area contributed by atoms with E-state index in [2.05, 4.69) is 25.3 Å². The Morgan fingerprint density at radius 3 is 2.76 bits per heavy atom. The van der Waals surface area contributed by atoms with Crippen molar-refractivity contribution in [2.24, 2.45) is 0 Å². The van der Waals surface area contributed by atoms with Crippen molar-refractivity contribution in [1.82, 2.24) is 20.0 Å². The van der Waals surface area contributed by atoms with Crippen LogP contribution < -0.4 is 20.1 Å². The van der Waals surface area contributed by atoms with Crippen LogP contribution in [0.3, 0.4) is 0 Å². The van der Waals surface area contributed by atoms with Crippen molar-refractivity contribution in [3.63, 3.8) is 0 Å². The summed E-state index contributed by atoms with van der Waals surface area (Å²) in [6, 6.07) is 13.7. The number of aryl methyl sites for hydroxylation is 1. The van der Waals surface area contributed by atoms with E-state index < -0.39 is 10.0 Å². The van der Waals surface area contributed by atoms with Crippen molar-refractivity contribution in [1.29, 1.82) is 0 Å². The van der Waals surface area contributed by atoms with E-state index in [0.717, 1.165) is 0 Å². The van der Waals surface area contributed by atoms with Crippen molar-refractivity contribution in [2.75, 3.05) is 32.6 Å². The number of ether oxygens (including phenoxy) is 2. The third kappa shape index (κ3) is 6.61. The highest BCUT2D eigenvalue weighted by molar-refractivity contribution is 7.88. The normalized spacial score (nSPS) is 11.4. The summed E-state index contributed by atoms with van der Waals surface area (Å²) in [6.45, 7) is 2.23. The highest BCUT2D eigenvalue weighted by Crippen LogP contribution is 2.30. The van der Waals surface area contributed by atoms with E-state index in [1.165, 1.54) is 13.3 Å². The molecule has 0 fully saturated rings. The number of hydrogen-bond donors (Lipinski definition) is 3. The number of carbonyl (C=O) groups excluding carboxylic acids is 1. The van der Waals surface area contributed by atoms with Gasteiger partial charge in [0, 0.05) is 50.1 Å². The molecule has 0 aliphatic rings. The fourth-order valence-electron chi connectivity index (χ4n) is 3.69. The molecule has 0 unspecified atom stereocenters. The largest absolute Gasteiger partial charge is 0.460 e. The third-order valence-corrected chi connectivity index (χ3v) is 6.67. The number of nitrogens with one attached hydrogen (secondary N) is 3. The van der Waals surface area contributed by atoms with Crippen molar-refractivity contribution in [2.45, 2.75) is 12.7 Å². The lowest BCUT2D eigenvalue weighted by Gasteiger charge is -2.10. The number of benzene rings is 2. The minimum atomic E-state index is -3.50. The van der Waals surface area contributed by atoms with Gasteiger partial charge in [0.15, 0.2) is 0 Å². The predicted octanol–water partition coefficient (Wildman–Crippen LogP) is 3.49. The Morgan fingerprint density at radius 1 is 1.14 bits per heavy atom. The summed E-state index contributed by atoms with van der Waals surface area (Å²) in [5.41, 5.74) is 2.22. The molecule has 0 saturated carbocycles. The van der Waals surface area contributed by atoms with Crippen LogP contribution in [0.25, 0.3) is 11.0 Å². The molecule has 0 radical (unpaired) electrons.